The van der Waals surface area contributed by atoms with Crippen molar-refractivity contribution in [2.75, 3.05) is 17.2 Å². The van der Waals surface area contributed by atoms with Crippen LogP contribution in [0.15, 0.2) is 22.8 Å². The number of aromatic nitrogens is 3. The van der Waals surface area contributed by atoms with E-state index in [-0.39, 0.29) is 16.9 Å². The van der Waals surface area contributed by atoms with Crippen LogP contribution in [0.4, 0.5) is 5.95 Å². The van der Waals surface area contributed by atoms with Gasteiger partial charge in [0, 0.05) is 36.3 Å². The molecule has 1 aliphatic rings. The number of halogens is 1. The van der Waals surface area contributed by atoms with Gasteiger partial charge in [-0.25, -0.2) is 4.52 Å². The number of carbonyl (C=O) groups is 2. The smallest absolute Gasteiger partial charge is 0.252 e. The van der Waals surface area contributed by atoms with E-state index in [0.717, 1.165) is 4.47 Å². The molecule has 1 amide bonds. The molecule has 6 nitrogen and oxygen atoms in total. The normalized spacial score (nSPS) is 18.7. The van der Waals surface area contributed by atoms with Crippen LogP contribution < -0.4 is 4.90 Å². The van der Waals surface area contributed by atoms with Gasteiger partial charge in [-0.2, -0.15) is 4.98 Å². The lowest BCUT2D eigenvalue weighted by molar-refractivity contribution is -0.117. The monoisotopic (exact) mass is 368 g/mol. The molecular formula is C13H13BrN4O2S. The molecule has 0 radical (unpaired) electrons. The third-order valence-electron chi connectivity index (χ3n) is 3.25. The van der Waals surface area contributed by atoms with E-state index in [0.29, 0.717) is 30.3 Å². The molecule has 1 atom stereocenters. The van der Waals surface area contributed by atoms with Crippen LogP contribution in [0.2, 0.25) is 0 Å². The molecule has 0 aliphatic carbocycles. The predicted octanol–water partition coefficient (Wildman–Crippen LogP) is 2.12. The third-order valence-corrected chi connectivity index (χ3v) is 4.77. The molecule has 1 aliphatic heterocycles. The number of pyridine rings is 1. The first-order valence-electron chi connectivity index (χ1n) is 6.48. The summed E-state index contributed by atoms with van der Waals surface area (Å²) in [6.45, 7) is 2.11. The van der Waals surface area contributed by atoms with Crippen LogP contribution >= 0.6 is 27.7 Å². The van der Waals surface area contributed by atoms with Gasteiger partial charge >= 0.3 is 0 Å². The Labute approximate surface area is 134 Å². The van der Waals surface area contributed by atoms with E-state index in [4.69, 9.17) is 0 Å². The minimum absolute atomic E-state index is 0.0131. The van der Waals surface area contributed by atoms with E-state index in [1.807, 2.05) is 12.1 Å². The van der Waals surface area contributed by atoms with Crippen molar-refractivity contribution in [1.82, 2.24) is 14.6 Å². The fourth-order valence-electron chi connectivity index (χ4n) is 2.28. The second-order valence-electron chi connectivity index (χ2n) is 4.94. The standard InChI is InChI=1S/C13H13BrN4O2S/c1-8(19)21-7-9-4-12(20)17(5-9)13-15-11-3-2-10(14)6-18(11)16-13/h2-3,6,9H,4-5,7H2,1H3. The van der Waals surface area contributed by atoms with Crippen LogP contribution in [0.5, 0.6) is 0 Å². The molecule has 1 saturated heterocycles. The molecule has 1 fully saturated rings. The van der Waals surface area contributed by atoms with Crippen LogP contribution in [0.3, 0.4) is 0 Å². The zero-order valence-electron chi connectivity index (χ0n) is 11.3. The summed E-state index contributed by atoms with van der Waals surface area (Å²) in [6, 6.07) is 3.72. The Morgan fingerprint density at radius 3 is 3.10 bits per heavy atom. The highest BCUT2D eigenvalue weighted by molar-refractivity contribution is 9.10. The maximum absolute atomic E-state index is 12.1. The Morgan fingerprint density at radius 2 is 2.33 bits per heavy atom. The minimum Gasteiger partial charge on any atom is -0.288 e. The van der Waals surface area contributed by atoms with E-state index in [1.165, 1.54) is 11.8 Å². The minimum atomic E-state index is 0.0131. The average Bonchev–Trinajstić information content (AvgIpc) is 2.99. The van der Waals surface area contributed by atoms with Gasteiger partial charge in [-0.1, -0.05) is 11.8 Å². The molecule has 0 bridgehead atoms. The highest BCUT2D eigenvalue weighted by Crippen LogP contribution is 2.26. The van der Waals surface area contributed by atoms with E-state index >= 15 is 0 Å². The van der Waals surface area contributed by atoms with Gasteiger partial charge < -0.3 is 0 Å². The molecule has 3 heterocycles. The molecule has 8 heteroatoms. The maximum atomic E-state index is 12.1. The Hall–Kier alpha value is -1.41. The molecule has 0 aromatic carbocycles. The summed E-state index contributed by atoms with van der Waals surface area (Å²) >= 11 is 4.64. The second kappa shape index (κ2) is 5.76. The maximum Gasteiger partial charge on any atom is 0.252 e. The average molecular weight is 369 g/mol. The fourth-order valence-corrected chi connectivity index (χ4v) is 3.30. The predicted molar refractivity (Wildman–Crippen MR) is 84.3 cm³/mol. The van der Waals surface area contributed by atoms with Crippen molar-refractivity contribution in [2.24, 2.45) is 5.92 Å². The summed E-state index contributed by atoms with van der Waals surface area (Å²) in [5.74, 6) is 1.27. The zero-order valence-corrected chi connectivity index (χ0v) is 13.7. The first-order valence-corrected chi connectivity index (χ1v) is 8.26. The van der Waals surface area contributed by atoms with Crippen LogP contribution in [0.1, 0.15) is 13.3 Å². The Bertz CT molecular complexity index is 717. The van der Waals surface area contributed by atoms with E-state index < -0.39 is 0 Å². The quantitative estimate of drug-likeness (QED) is 0.829. The summed E-state index contributed by atoms with van der Waals surface area (Å²) in [5, 5.41) is 4.42. The Balaban J connectivity index is 1.79. The molecule has 0 spiro atoms. The number of thioether (sulfide) groups is 1. The summed E-state index contributed by atoms with van der Waals surface area (Å²) in [4.78, 5) is 29.1. The number of carbonyl (C=O) groups excluding carboxylic acids is 2. The molecular weight excluding hydrogens is 356 g/mol. The molecule has 110 valence electrons. The van der Waals surface area contributed by atoms with Crippen molar-refractivity contribution in [3.63, 3.8) is 0 Å². The van der Waals surface area contributed by atoms with Crippen molar-refractivity contribution in [3.05, 3.63) is 22.8 Å². The molecule has 2 aromatic heterocycles. The third kappa shape index (κ3) is 3.11. The number of hydrogen-bond donors (Lipinski definition) is 0. The number of anilines is 1. The first kappa shape index (κ1) is 14.5. The second-order valence-corrected chi connectivity index (χ2v) is 7.05. The van der Waals surface area contributed by atoms with Crippen molar-refractivity contribution in [2.45, 2.75) is 13.3 Å². The SMILES string of the molecule is CC(=O)SCC1CC(=O)N(c2nc3ccc(Br)cn3n2)C1. The molecule has 0 N–H and O–H groups in total. The number of amides is 1. The van der Waals surface area contributed by atoms with E-state index in [9.17, 15) is 9.59 Å². The highest BCUT2D eigenvalue weighted by atomic mass is 79.9. The van der Waals surface area contributed by atoms with Crippen LogP contribution in [-0.2, 0) is 9.59 Å². The molecule has 3 rings (SSSR count). The van der Waals surface area contributed by atoms with Crippen LogP contribution in [0, 0.1) is 5.92 Å². The van der Waals surface area contributed by atoms with Crippen LogP contribution in [0.25, 0.3) is 5.65 Å². The Kier molecular flexibility index (Phi) is 3.99. The van der Waals surface area contributed by atoms with E-state index in [1.54, 1.807) is 22.5 Å². The van der Waals surface area contributed by atoms with Gasteiger partial charge in [-0.15, -0.1) is 5.10 Å². The number of nitrogens with zero attached hydrogens (tertiary/aromatic N) is 4. The Morgan fingerprint density at radius 1 is 1.52 bits per heavy atom. The number of rotatable bonds is 3. The van der Waals surface area contributed by atoms with Crippen molar-refractivity contribution >= 4 is 50.3 Å². The highest BCUT2D eigenvalue weighted by Gasteiger charge is 2.33. The van der Waals surface area contributed by atoms with Crippen molar-refractivity contribution in [3.8, 4) is 0 Å². The lowest BCUT2D eigenvalue weighted by atomic mass is 10.1. The number of fused-ring (bicyclic) bond motifs is 1. The van der Waals surface area contributed by atoms with E-state index in [2.05, 4.69) is 26.0 Å². The number of hydrogen-bond acceptors (Lipinski definition) is 5. The molecule has 0 saturated carbocycles. The molecule has 21 heavy (non-hydrogen) atoms. The zero-order chi connectivity index (χ0) is 15.0. The lowest BCUT2D eigenvalue weighted by Crippen LogP contribution is -2.26. The van der Waals surface area contributed by atoms with Gasteiger partial charge in [0.1, 0.15) is 0 Å². The van der Waals surface area contributed by atoms with Gasteiger partial charge in [0.2, 0.25) is 5.91 Å². The van der Waals surface area contributed by atoms with Gasteiger partial charge in [0.05, 0.1) is 0 Å². The summed E-state index contributed by atoms with van der Waals surface area (Å²) in [6.07, 6.45) is 2.25. The van der Waals surface area contributed by atoms with Crippen LogP contribution in [-0.4, -0.2) is 37.9 Å². The summed E-state index contributed by atoms with van der Waals surface area (Å²) < 4.78 is 2.54. The molecule has 2 aromatic rings. The summed E-state index contributed by atoms with van der Waals surface area (Å²) in [7, 11) is 0. The molecule has 1 unspecified atom stereocenters. The van der Waals surface area contributed by atoms with Crippen molar-refractivity contribution in [1.29, 1.82) is 0 Å². The van der Waals surface area contributed by atoms with Gasteiger partial charge in [-0.05, 0) is 34.0 Å². The topological polar surface area (TPSA) is 67.6 Å². The largest absolute Gasteiger partial charge is 0.288 e. The van der Waals surface area contributed by atoms with Gasteiger partial charge in [-0.3, -0.25) is 14.5 Å². The fraction of sp³-hybridized carbons (Fsp3) is 0.385. The summed E-state index contributed by atoms with van der Waals surface area (Å²) in [5.41, 5.74) is 0.697. The van der Waals surface area contributed by atoms with Gasteiger partial charge in [0.15, 0.2) is 10.8 Å². The van der Waals surface area contributed by atoms with Crippen molar-refractivity contribution < 1.29 is 9.59 Å². The van der Waals surface area contributed by atoms with Gasteiger partial charge in [0.25, 0.3) is 5.95 Å². The first-order chi connectivity index (χ1) is 10.0. The lowest BCUT2D eigenvalue weighted by Gasteiger charge is -2.11.